The van der Waals surface area contributed by atoms with Crippen molar-refractivity contribution in [1.29, 1.82) is 0 Å². The molecule has 0 bridgehead atoms. The number of benzene rings is 8. The van der Waals surface area contributed by atoms with E-state index < -0.39 is 66.1 Å². The van der Waals surface area contributed by atoms with Crippen molar-refractivity contribution in [1.82, 2.24) is 0 Å². The Morgan fingerprint density at radius 2 is 0.539 bits per heavy atom. The van der Waals surface area contributed by atoms with Crippen LogP contribution in [-0.2, 0) is 40.5 Å². The number of rotatable bonds is 14. The molecule has 0 aliphatic rings. The number of amides is 2. The van der Waals surface area contributed by atoms with E-state index >= 15 is 0 Å². The fourth-order valence-corrected chi connectivity index (χ4v) is 8.51. The first-order valence-electron chi connectivity index (χ1n) is 20.2. The van der Waals surface area contributed by atoms with Gasteiger partial charge in [-0.3, -0.25) is 0 Å². The van der Waals surface area contributed by atoms with Crippen LogP contribution in [0.1, 0.15) is 0 Å². The Hall–Kier alpha value is -4.41. The number of carbonyl (C=O) groups is 1. The largest absolute Gasteiger partial charge is 1.00 e. The molecule has 0 aromatic heterocycles. The summed E-state index contributed by atoms with van der Waals surface area (Å²) in [5.74, 6) is 0. The van der Waals surface area contributed by atoms with Crippen LogP contribution in [-0.4, -0.2) is 57.9 Å². The zero-order valence-electron chi connectivity index (χ0n) is 40.0. The van der Waals surface area contributed by atoms with Crippen molar-refractivity contribution < 1.29 is 175 Å². The quantitative estimate of drug-likeness (QED) is 0.0745. The number of hydrogen-bond acceptors (Lipinski definition) is 21. The van der Waals surface area contributed by atoms with Gasteiger partial charge in [0.25, 0.3) is 0 Å². The van der Waals surface area contributed by atoms with Gasteiger partial charge >= 0.3 is 124 Å². The van der Waals surface area contributed by atoms with Crippen LogP contribution in [0.15, 0.2) is 218 Å². The third-order valence-corrected chi connectivity index (χ3v) is 13.4. The van der Waals surface area contributed by atoms with Crippen molar-refractivity contribution in [3.05, 3.63) is 158 Å². The zero-order chi connectivity index (χ0) is 51.4. The molecule has 76 heavy (non-hydrogen) atoms. The zero-order valence-corrected chi connectivity index (χ0v) is 51.3. The van der Waals surface area contributed by atoms with E-state index in [1.165, 1.54) is 60.7 Å². The standard InChI is InChI=1S/C45H32N10O13S4.4Na/c56-45(46-27-1-5-29(6-2-27)48-52-41-21-23-43(39-25-35(71(63,64)65)17-19-37(39)41)54-50-31-9-13-33(14-10-31)69(57,58)59)47-28-3-7-30(8-4-28)49-53-42-22-24-44(40-26-36(72(66,67)68)18-20-38(40)42)55-51-32-11-15-34(16-12-32)70(60,61)62;;;;/h1-26H,(H2,46,47,56)(H,57,58,59)(H,60,61,62)(H,63,64,65)(H,66,67,68);;;;/q;4*+1/p-4. The summed E-state index contributed by atoms with van der Waals surface area (Å²) in [6, 6.07) is 34.3. The molecule has 0 atom stereocenters. The molecule has 364 valence electrons. The Morgan fingerprint density at radius 3 is 0.803 bits per heavy atom. The Labute approximate surface area is 522 Å². The Kier molecular flexibility index (Phi) is 22.8. The predicted octanol–water partition coefficient (Wildman–Crippen LogP) is -1.07. The van der Waals surface area contributed by atoms with Crippen LogP contribution in [0.3, 0.4) is 0 Å². The number of azo groups is 4. The molecule has 0 unspecified atom stereocenters. The minimum atomic E-state index is -4.87. The van der Waals surface area contributed by atoms with Crippen LogP contribution < -0.4 is 129 Å². The average molecular weight is 1140 g/mol. The molecule has 0 aliphatic carbocycles. The molecule has 0 aliphatic heterocycles. The fraction of sp³-hybridized carbons (Fsp3) is 0. The minimum Gasteiger partial charge on any atom is -0.744 e. The first kappa shape index (κ1) is 64.1. The Bertz CT molecular complexity index is 3790. The molecule has 0 spiro atoms. The Balaban J connectivity index is 0.00000312. The number of hydrogen-bond donors (Lipinski definition) is 2. The number of urea groups is 1. The second kappa shape index (κ2) is 27.0. The maximum Gasteiger partial charge on any atom is 1.00 e. The summed E-state index contributed by atoms with van der Waals surface area (Å²) < 4.78 is 139. The molecule has 2 amide bonds. The summed E-state index contributed by atoms with van der Waals surface area (Å²) in [5, 5.41) is 39.9. The van der Waals surface area contributed by atoms with Crippen LogP contribution >= 0.6 is 0 Å². The molecule has 31 heteroatoms. The molecular formula is C45H28N10Na4O13S4. The maximum absolute atomic E-state index is 12.9. The van der Waals surface area contributed by atoms with Gasteiger partial charge in [-0.25, -0.2) is 38.5 Å². The molecule has 8 aromatic carbocycles. The van der Waals surface area contributed by atoms with Crippen molar-refractivity contribution in [3.8, 4) is 0 Å². The van der Waals surface area contributed by atoms with Gasteiger partial charge < -0.3 is 28.8 Å². The normalized spacial score (nSPS) is 12.1. The number of nitrogens with one attached hydrogen (secondary N) is 2. The van der Waals surface area contributed by atoms with Crippen molar-refractivity contribution >= 4 is 125 Å². The van der Waals surface area contributed by atoms with Gasteiger partial charge in [0.15, 0.2) is 0 Å². The number of carbonyl (C=O) groups excluding carboxylic acids is 1. The van der Waals surface area contributed by atoms with Gasteiger partial charge in [-0.15, -0.1) is 20.5 Å². The van der Waals surface area contributed by atoms with Crippen LogP contribution in [0.2, 0.25) is 0 Å². The van der Waals surface area contributed by atoms with E-state index in [2.05, 4.69) is 51.5 Å². The van der Waals surface area contributed by atoms with Crippen molar-refractivity contribution in [3.63, 3.8) is 0 Å². The molecule has 8 rings (SSSR count). The van der Waals surface area contributed by atoms with Gasteiger partial charge in [-0.05, 0) is 146 Å². The van der Waals surface area contributed by atoms with Gasteiger partial charge in [-0.2, -0.15) is 20.5 Å². The van der Waals surface area contributed by atoms with E-state index in [1.807, 2.05) is 0 Å². The molecule has 0 saturated carbocycles. The second-order valence-corrected chi connectivity index (χ2v) is 20.4. The third-order valence-electron chi connectivity index (χ3n) is 10.1. The number of anilines is 2. The molecule has 2 N–H and O–H groups in total. The first-order chi connectivity index (χ1) is 34.1. The number of nitrogens with zero attached hydrogens (tertiary/aromatic N) is 8. The summed E-state index contributed by atoms with van der Waals surface area (Å²) in [6.45, 7) is 0. The van der Waals surface area contributed by atoms with E-state index in [4.69, 9.17) is 0 Å². The summed E-state index contributed by atoms with van der Waals surface area (Å²) in [7, 11) is -19.1. The van der Waals surface area contributed by atoms with Crippen LogP contribution in [0.4, 0.5) is 61.7 Å². The SMILES string of the molecule is O=C(Nc1ccc(N=Nc2ccc(N=Nc3ccc(S(=O)(=O)[O-])cc3)c3cc(S(=O)(=O)[O-])ccc23)cc1)Nc1ccc(N=Nc2ccc(N=Nc3ccc(S(=O)(=O)[O-])cc3)c3cc(S(=O)(=O)[O-])ccc23)cc1.[Na+].[Na+].[Na+].[Na+]. The summed E-state index contributed by atoms with van der Waals surface area (Å²) in [4.78, 5) is 10.9. The monoisotopic (exact) mass is 1140 g/mol. The van der Waals surface area contributed by atoms with Crippen LogP contribution in [0.25, 0.3) is 21.5 Å². The van der Waals surface area contributed by atoms with E-state index in [-0.39, 0.29) is 163 Å². The van der Waals surface area contributed by atoms with Crippen LogP contribution in [0.5, 0.6) is 0 Å². The molecule has 0 heterocycles. The van der Waals surface area contributed by atoms with E-state index in [1.54, 1.807) is 48.5 Å². The molecular weight excluding hydrogens is 1110 g/mol. The second-order valence-electron chi connectivity index (χ2n) is 14.9. The van der Waals surface area contributed by atoms with Crippen molar-refractivity contribution in [2.75, 3.05) is 10.6 Å². The topological polar surface area (TPSA) is 369 Å². The smallest absolute Gasteiger partial charge is 0.744 e. The van der Waals surface area contributed by atoms with E-state index in [9.17, 15) is 56.7 Å². The van der Waals surface area contributed by atoms with Crippen molar-refractivity contribution in [2.45, 2.75) is 19.6 Å². The molecule has 0 fully saturated rings. The van der Waals surface area contributed by atoms with Crippen molar-refractivity contribution in [2.24, 2.45) is 40.9 Å². The van der Waals surface area contributed by atoms with Gasteiger partial charge in [0.1, 0.15) is 40.5 Å². The Morgan fingerprint density at radius 1 is 0.303 bits per heavy atom. The molecule has 8 aromatic rings. The van der Waals surface area contributed by atoms with Gasteiger partial charge in [0.2, 0.25) is 0 Å². The van der Waals surface area contributed by atoms with Crippen LogP contribution in [0, 0.1) is 0 Å². The third kappa shape index (κ3) is 16.8. The van der Waals surface area contributed by atoms with E-state index in [0.29, 0.717) is 33.5 Å². The fourth-order valence-electron chi connectivity index (χ4n) is 6.57. The maximum atomic E-state index is 12.9. The van der Waals surface area contributed by atoms with E-state index in [0.717, 1.165) is 48.5 Å². The summed E-state index contributed by atoms with van der Waals surface area (Å²) >= 11 is 0. The van der Waals surface area contributed by atoms with Gasteiger partial charge in [-0.1, -0.05) is 12.1 Å². The molecule has 0 radical (unpaired) electrons. The number of fused-ring (bicyclic) bond motifs is 2. The predicted molar refractivity (Wildman–Crippen MR) is 255 cm³/mol. The average Bonchev–Trinajstić information content (AvgIpc) is 3.33. The van der Waals surface area contributed by atoms with Gasteiger partial charge in [0, 0.05) is 32.9 Å². The molecule has 0 saturated heterocycles. The molecule has 23 nitrogen and oxygen atoms in total. The van der Waals surface area contributed by atoms with Gasteiger partial charge in [0.05, 0.1) is 65.1 Å². The minimum absolute atomic E-state index is 0. The summed E-state index contributed by atoms with van der Waals surface area (Å²) in [6.07, 6.45) is 0. The summed E-state index contributed by atoms with van der Waals surface area (Å²) in [5.41, 5.74) is 2.66. The first-order valence-corrected chi connectivity index (χ1v) is 25.8.